The Labute approximate surface area is 276 Å². The Balaban J connectivity index is 1.52. The van der Waals surface area contributed by atoms with Crippen LogP contribution in [0.1, 0.15) is 40.3 Å². The lowest BCUT2D eigenvalue weighted by molar-refractivity contribution is -0.130. The Morgan fingerprint density at radius 1 is 1.00 bits per heavy atom. The van der Waals surface area contributed by atoms with Crippen LogP contribution in [0.15, 0.2) is 118 Å². The summed E-state index contributed by atoms with van der Waals surface area (Å²) in [6.45, 7) is 1.10. The summed E-state index contributed by atoms with van der Waals surface area (Å²) in [5.74, 6) is 0.617. The lowest BCUT2D eigenvalue weighted by Crippen LogP contribution is -2.54. The summed E-state index contributed by atoms with van der Waals surface area (Å²) in [5, 5.41) is 12.9. The minimum absolute atomic E-state index is 0.0530. The van der Waals surface area contributed by atoms with Crippen molar-refractivity contribution in [3.63, 3.8) is 0 Å². The monoisotopic (exact) mass is 682 g/mol. The molecule has 1 aliphatic rings. The molecule has 0 unspecified atom stereocenters. The van der Waals surface area contributed by atoms with Gasteiger partial charge >= 0.3 is 0 Å². The highest BCUT2D eigenvalue weighted by Crippen LogP contribution is 2.43. The van der Waals surface area contributed by atoms with Gasteiger partial charge in [0.2, 0.25) is 5.90 Å². The van der Waals surface area contributed by atoms with Gasteiger partial charge in [-0.25, -0.2) is 10.4 Å². The van der Waals surface area contributed by atoms with Crippen LogP contribution >= 0.6 is 15.9 Å². The van der Waals surface area contributed by atoms with Gasteiger partial charge in [0.1, 0.15) is 5.75 Å². The van der Waals surface area contributed by atoms with E-state index in [0.29, 0.717) is 36.8 Å². The van der Waals surface area contributed by atoms with Gasteiger partial charge in [-0.05, 0) is 70.6 Å². The zero-order valence-corrected chi connectivity index (χ0v) is 26.8. The van der Waals surface area contributed by atoms with E-state index < -0.39 is 11.6 Å². The third kappa shape index (κ3) is 8.13. The molecule has 11 heteroatoms. The van der Waals surface area contributed by atoms with Gasteiger partial charge in [0.25, 0.3) is 5.91 Å². The maximum Gasteiger partial charge on any atom is 0.266 e. The molecule has 0 saturated heterocycles. The average Bonchev–Trinajstić information content (AvgIpc) is 3.48. The number of carbonyl (C=O) groups is 1. The fraction of sp³-hybridized carbons (Fsp3) is 0.257. The Morgan fingerprint density at radius 2 is 1.72 bits per heavy atom. The van der Waals surface area contributed by atoms with E-state index in [4.69, 9.17) is 25.1 Å². The van der Waals surface area contributed by atoms with Crippen molar-refractivity contribution in [3.05, 3.63) is 146 Å². The number of aliphatic hydroxyl groups is 1. The quantitative estimate of drug-likeness (QED) is 0.0439. The van der Waals surface area contributed by atoms with Crippen molar-refractivity contribution in [2.24, 2.45) is 10.1 Å². The van der Waals surface area contributed by atoms with Crippen molar-refractivity contribution in [3.8, 4) is 5.75 Å². The molecule has 0 fully saturated rings. The molecule has 4 aromatic carbocycles. The number of hydrogen-bond acceptors (Lipinski definition) is 7. The number of carbonyl (C=O) groups excluding carboxylic acids is 1. The molecular formula is C35H35BrN6O4. The summed E-state index contributed by atoms with van der Waals surface area (Å²) >= 11 is 3.51. The number of aliphatic hydroxyl groups excluding tert-OH is 1. The van der Waals surface area contributed by atoms with E-state index in [0.717, 1.165) is 33.1 Å². The smallest absolute Gasteiger partial charge is 0.266 e. The number of benzene rings is 4. The topological polar surface area (TPSA) is 141 Å². The first-order valence-corrected chi connectivity index (χ1v) is 15.8. The number of amides is 1. The standard InChI is InChI=1S/C35H35BrN6O4/c36-30-15-11-26(12-16-30)32-35(23-28-9-4-5-10-29(28)24-39-42-37,34(44)41-38-20-19-25-7-2-1-3-8-25)40-33(46-32)27-13-17-31(18-14-27)45-22-6-21-43/h1-5,7-18,32,38,43H,6,19-24H2,(H,41,44)/t32-,35-/m0/s1. The molecule has 1 amide bonds. The van der Waals surface area contributed by atoms with Crippen molar-refractivity contribution in [2.75, 3.05) is 19.8 Å². The zero-order valence-electron chi connectivity index (χ0n) is 25.2. The number of azide groups is 1. The molecule has 4 aromatic rings. The van der Waals surface area contributed by atoms with Gasteiger partial charge < -0.3 is 14.6 Å². The molecule has 0 spiro atoms. The number of halogens is 1. The van der Waals surface area contributed by atoms with E-state index in [-0.39, 0.29) is 25.5 Å². The van der Waals surface area contributed by atoms with Gasteiger partial charge in [-0.1, -0.05) is 87.8 Å². The SMILES string of the molecule is [N-]=[N+]=NCc1ccccc1C[C@]1(C(=O)NNCCc2ccccc2)N=C(c2ccc(OCCCO)cc2)O[C@H]1c1ccc(Br)cc1. The highest BCUT2D eigenvalue weighted by atomic mass is 79.9. The Hall–Kier alpha value is -4.67. The van der Waals surface area contributed by atoms with Crippen LogP contribution in [0.25, 0.3) is 10.4 Å². The predicted octanol–water partition coefficient (Wildman–Crippen LogP) is 6.38. The second kappa shape index (κ2) is 16.1. The second-order valence-electron chi connectivity index (χ2n) is 10.8. The highest BCUT2D eigenvalue weighted by molar-refractivity contribution is 9.10. The summed E-state index contributed by atoms with van der Waals surface area (Å²) in [4.78, 5) is 22.5. The highest BCUT2D eigenvalue weighted by Gasteiger charge is 2.53. The third-order valence-electron chi connectivity index (χ3n) is 7.67. The van der Waals surface area contributed by atoms with Gasteiger partial charge in [-0.3, -0.25) is 10.2 Å². The Bertz CT molecular complexity index is 1680. The lowest BCUT2D eigenvalue weighted by atomic mass is 9.81. The summed E-state index contributed by atoms with van der Waals surface area (Å²) in [7, 11) is 0. The maximum atomic E-state index is 14.4. The van der Waals surface area contributed by atoms with E-state index in [1.54, 1.807) is 0 Å². The van der Waals surface area contributed by atoms with Crippen molar-refractivity contribution in [1.29, 1.82) is 0 Å². The van der Waals surface area contributed by atoms with Gasteiger partial charge in [0.05, 0.1) is 13.2 Å². The molecule has 3 N–H and O–H groups in total. The van der Waals surface area contributed by atoms with E-state index in [2.05, 4.69) is 36.8 Å². The second-order valence-corrected chi connectivity index (χ2v) is 11.7. The van der Waals surface area contributed by atoms with Crippen molar-refractivity contribution in [2.45, 2.75) is 37.5 Å². The molecule has 0 aliphatic carbocycles. The number of ether oxygens (including phenoxy) is 2. The predicted molar refractivity (Wildman–Crippen MR) is 180 cm³/mol. The summed E-state index contributed by atoms with van der Waals surface area (Å²) in [5.41, 5.74) is 17.9. The summed E-state index contributed by atoms with van der Waals surface area (Å²) in [6, 6.07) is 32.6. The fourth-order valence-corrected chi connectivity index (χ4v) is 5.57. The van der Waals surface area contributed by atoms with Crippen LogP contribution < -0.4 is 15.6 Å². The van der Waals surface area contributed by atoms with Gasteiger partial charge in [-0.15, -0.1) is 0 Å². The molecule has 0 bridgehead atoms. The molecule has 10 nitrogen and oxygen atoms in total. The third-order valence-corrected chi connectivity index (χ3v) is 8.20. The summed E-state index contributed by atoms with van der Waals surface area (Å²) in [6.07, 6.45) is 0.657. The van der Waals surface area contributed by atoms with Crippen LogP contribution in [-0.4, -0.2) is 42.2 Å². The first-order chi connectivity index (χ1) is 22.5. The van der Waals surface area contributed by atoms with Crippen LogP contribution in [0.3, 0.4) is 0 Å². The molecule has 1 heterocycles. The van der Waals surface area contributed by atoms with E-state index in [1.165, 1.54) is 0 Å². The van der Waals surface area contributed by atoms with Crippen LogP contribution in [0.2, 0.25) is 0 Å². The molecule has 0 radical (unpaired) electrons. The van der Waals surface area contributed by atoms with Crippen LogP contribution in [0.4, 0.5) is 0 Å². The van der Waals surface area contributed by atoms with Gasteiger partial charge in [-0.2, -0.15) is 0 Å². The Kier molecular flexibility index (Phi) is 11.4. The van der Waals surface area contributed by atoms with E-state index >= 15 is 0 Å². The van der Waals surface area contributed by atoms with Crippen molar-refractivity contribution >= 4 is 27.7 Å². The normalized spacial score (nSPS) is 17.0. The molecule has 0 aromatic heterocycles. The van der Waals surface area contributed by atoms with Crippen molar-refractivity contribution < 1.29 is 19.4 Å². The molecule has 0 saturated carbocycles. The minimum Gasteiger partial charge on any atom is -0.494 e. The number of nitrogens with zero attached hydrogens (tertiary/aromatic N) is 4. The zero-order chi connectivity index (χ0) is 32.2. The number of hydrazine groups is 1. The van der Waals surface area contributed by atoms with Crippen molar-refractivity contribution in [1.82, 2.24) is 10.9 Å². The van der Waals surface area contributed by atoms with Gasteiger partial charge in [0.15, 0.2) is 11.6 Å². The molecule has 2 atom stereocenters. The number of aliphatic imine (C=N–C) groups is 1. The molecule has 46 heavy (non-hydrogen) atoms. The summed E-state index contributed by atoms with van der Waals surface area (Å²) < 4.78 is 13.2. The molecule has 236 valence electrons. The fourth-order valence-electron chi connectivity index (χ4n) is 5.30. The number of hydrogen-bond donors (Lipinski definition) is 3. The first-order valence-electron chi connectivity index (χ1n) is 15.0. The minimum atomic E-state index is -1.42. The van der Waals surface area contributed by atoms with Crippen LogP contribution in [0, 0.1) is 0 Å². The van der Waals surface area contributed by atoms with Gasteiger partial charge in [0, 0.05) is 40.9 Å². The van der Waals surface area contributed by atoms with E-state index in [1.807, 2.05) is 103 Å². The Morgan fingerprint density at radius 3 is 2.43 bits per heavy atom. The first kappa shape index (κ1) is 32.7. The molecule has 5 rings (SSSR count). The number of nitrogens with one attached hydrogen (secondary N) is 2. The number of rotatable bonds is 15. The molecule has 1 aliphatic heterocycles. The lowest BCUT2D eigenvalue weighted by Gasteiger charge is -2.31. The van der Waals surface area contributed by atoms with Crippen LogP contribution in [-0.2, 0) is 28.9 Å². The van der Waals surface area contributed by atoms with E-state index in [9.17, 15) is 4.79 Å². The largest absolute Gasteiger partial charge is 0.494 e. The maximum absolute atomic E-state index is 14.4. The van der Waals surface area contributed by atoms with Crippen LogP contribution in [0.5, 0.6) is 5.75 Å². The average molecular weight is 684 g/mol. The molecular weight excluding hydrogens is 648 g/mol.